The molecule has 0 spiro atoms. The summed E-state index contributed by atoms with van der Waals surface area (Å²) in [6, 6.07) is 6.18. The molecule has 0 amide bonds. The zero-order chi connectivity index (χ0) is 20.2. The van der Waals surface area contributed by atoms with Crippen LogP contribution in [0.2, 0.25) is 5.02 Å². The number of methoxy groups -OCH3 is 1. The van der Waals surface area contributed by atoms with Gasteiger partial charge in [-0.05, 0) is 24.3 Å². The summed E-state index contributed by atoms with van der Waals surface area (Å²) in [5, 5.41) is 4.49. The highest BCUT2D eigenvalue weighted by Gasteiger charge is 2.29. The molecule has 1 aromatic carbocycles. The molecule has 0 fully saturated rings. The fourth-order valence-electron chi connectivity index (χ4n) is 2.27. The summed E-state index contributed by atoms with van der Waals surface area (Å²) in [6.45, 7) is 2.88. The third kappa shape index (κ3) is 5.12. The van der Waals surface area contributed by atoms with E-state index >= 15 is 0 Å². The second-order valence-electron chi connectivity index (χ2n) is 5.42. The smallest absolute Gasteiger partial charge is 0.389 e. The number of carbonyl (C=O) groups excluding carboxylic acids is 1. The van der Waals surface area contributed by atoms with Gasteiger partial charge in [0.2, 0.25) is 0 Å². The first-order valence-corrected chi connectivity index (χ1v) is 8.02. The Bertz CT molecular complexity index is 939. The lowest BCUT2D eigenvalue weighted by Crippen LogP contribution is -2.28. The Labute approximate surface area is 157 Å². The number of rotatable bonds is 6. The van der Waals surface area contributed by atoms with Crippen LogP contribution in [0.4, 0.5) is 13.2 Å². The average Bonchev–Trinajstić information content (AvgIpc) is 2.92. The minimum Gasteiger partial charge on any atom is -0.468 e. The molecule has 0 aliphatic carbocycles. The number of nitrogens with zero attached hydrogens (tertiary/aromatic N) is 3. The quantitative estimate of drug-likeness (QED) is 0.549. The second-order valence-corrected chi connectivity index (χ2v) is 5.86. The molecule has 10 heteroatoms. The first kappa shape index (κ1) is 20.5. The number of hydrogen-bond donors (Lipinski definition) is 0. The van der Waals surface area contributed by atoms with Crippen molar-refractivity contribution in [1.29, 1.82) is 0 Å². The first-order chi connectivity index (χ1) is 12.7. The summed E-state index contributed by atoms with van der Waals surface area (Å²) in [4.78, 5) is 24.2. The molecule has 0 radical (unpaired) electrons. The molecule has 0 aliphatic heterocycles. The molecule has 0 aliphatic rings. The lowest BCUT2D eigenvalue weighted by Gasteiger charge is -2.10. The SMILES string of the molecule is C=C=C(CCC(F)(F)F)n1c(-c2ccc(Cl)cc2)nn(CC(=O)OC)c1=O. The van der Waals surface area contributed by atoms with E-state index in [0.717, 1.165) is 16.4 Å². The lowest BCUT2D eigenvalue weighted by molar-refractivity contribution is -0.141. The summed E-state index contributed by atoms with van der Waals surface area (Å²) in [5.74, 6) is -0.697. The Morgan fingerprint density at radius 3 is 2.48 bits per heavy atom. The highest BCUT2D eigenvalue weighted by Crippen LogP contribution is 2.27. The van der Waals surface area contributed by atoms with Crippen molar-refractivity contribution in [3.8, 4) is 11.4 Å². The van der Waals surface area contributed by atoms with E-state index in [2.05, 4.69) is 22.1 Å². The van der Waals surface area contributed by atoms with E-state index in [-0.39, 0.29) is 11.5 Å². The van der Waals surface area contributed by atoms with Crippen molar-refractivity contribution in [2.24, 2.45) is 0 Å². The molecule has 6 nitrogen and oxygen atoms in total. The molecular weight excluding hydrogens is 387 g/mol. The fourth-order valence-corrected chi connectivity index (χ4v) is 2.39. The summed E-state index contributed by atoms with van der Waals surface area (Å²) >= 11 is 5.84. The van der Waals surface area contributed by atoms with Crippen molar-refractivity contribution in [3.63, 3.8) is 0 Å². The number of esters is 1. The molecule has 2 aromatic rings. The van der Waals surface area contributed by atoms with Crippen LogP contribution in [0.1, 0.15) is 12.8 Å². The zero-order valence-corrected chi connectivity index (χ0v) is 15.0. The molecule has 0 saturated heterocycles. The van der Waals surface area contributed by atoms with Crippen LogP contribution < -0.4 is 5.69 Å². The van der Waals surface area contributed by atoms with Crippen molar-refractivity contribution < 1.29 is 22.7 Å². The maximum absolute atomic E-state index is 12.7. The summed E-state index contributed by atoms with van der Waals surface area (Å²) < 4.78 is 44.1. The summed E-state index contributed by atoms with van der Waals surface area (Å²) in [5.41, 5.74) is 1.87. The Hall–Kier alpha value is -2.77. The van der Waals surface area contributed by atoms with Crippen molar-refractivity contribution in [1.82, 2.24) is 14.3 Å². The molecule has 0 bridgehead atoms. The van der Waals surface area contributed by atoms with Gasteiger partial charge in [-0.3, -0.25) is 4.79 Å². The minimum atomic E-state index is -4.42. The molecule has 0 N–H and O–H groups in total. The summed E-state index contributed by atoms with van der Waals surface area (Å²) in [7, 11) is 1.14. The molecule has 0 saturated carbocycles. The molecule has 27 heavy (non-hydrogen) atoms. The van der Waals surface area contributed by atoms with E-state index in [1.54, 1.807) is 12.1 Å². The predicted molar refractivity (Wildman–Crippen MR) is 93.1 cm³/mol. The largest absolute Gasteiger partial charge is 0.468 e. The normalized spacial score (nSPS) is 11.1. The van der Waals surface area contributed by atoms with Crippen LogP contribution in [0.15, 0.2) is 41.4 Å². The average molecular weight is 402 g/mol. The molecule has 1 heterocycles. The Balaban J connectivity index is 2.58. The van der Waals surface area contributed by atoms with Crippen LogP contribution in [-0.2, 0) is 16.1 Å². The monoisotopic (exact) mass is 401 g/mol. The maximum Gasteiger partial charge on any atom is 0.389 e. The topological polar surface area (TPSA) is 66.1 Å². The number of hydrogen-bond acceptors (Lipinski definition) is 4. The summed E-state index contributed by atoms with van der Waals surface area (Å²) in [6.07, 6.45) is -6.12. The van der Waals surface area contributed by atoms with E-state index in [1.807, 2.05) is 0 Å². The van der Waals surface area contributed by atoms with E-state index in [4.69, 9.17) is 11.6 Å². The molecule has 1 aromatic heterocycles. The van der Waals surface area contributed by atoms with Crippen LogP contribution in [-0.4, -0.2) is 33.6 Å². The maximum atomic E-state index is 12.7. The number of allylic oxidation sites excluding steroid dienone is 1. The minimum absolute atomic E-state index is 0.0360. The molecule has 0 unspecified atom stereocenters. The van der Waals surface area contributed by atoms with Gasteiger partial charge in [0.05, 0.1) is 12.8 Å². The van der Waals surface area contributed by atoms with E-state index < -0.39 is 37.2 Å². The molecule has 144 valence electrons. The van der Waals surface area contributed by atoms with E-state index in [9.17, 15) is 22.8 Å². The number of alkyl halides is 3. The predicted octanol–water partition coefficient (Wildman–Crippen LogP) is 3.51. The Morgan fingerprint density at radius 1 is 1.33 bits per heavy atom. The number of halogens is 4. The zero-order valence-electron chi connectivity index (χ0n) is 14.2. The van der Waals surface area contributed by atoms with Gasteiger partial charge in [-0.15, -0.1) is 10.8 Å². The Morgan fingerprint density at radius 2 is 1.96 bits per heavy atom. The van der Waals surface area contributed by atoms with Gasteiger partial charge in [-0.2, -0.15) is 13.2 Å². The van der Waals surface area contributed by atoms with Crippen LogP contribution in [0.5, 0.6) is 0 Å². The van der Waals surface area contributed by atoms with Crippen LogP contribution in [0.3, 0.4) is 0 Å². The third-order valence-corrected chi connectivity index (χ3v) is 3.82. The van der Waals surface area contributed by atoms with Gasteiger partial charge in [0.25, 0.3) is 0 Å². The van der Waals surface area contributed by atoms with Crippen molar-refractivity contribution >= 4 is 23.3 Å². The van der Waals surface area contributed by atoms with Gasteiger partial charge >= 0.3 is 17.8 Å². The van der Waals surface area contributed by atoms with Gasteiger partial charge in [-0.1, -0.05) is 18.2 Å². The van der Waals surface area contributed by atoms with E-state index in [0.29, 0.717) is 10.6 Å². The van der Waals surface area contributed by atoms with Crippen molar-refractivity contribution in [2.75, 3.05) is 7.11 Å². The molecular formula is C17H15ClF3N3O3. The highest BCUT2D eigenvalue weighted by atomic mass is 35.5. The lowest BCUT2D eigenvalue weighted by atomic mass is 10.2. The van der Waals surface area contributed by atoms with Gasteiger partial charge in [0.1, 0.15) is 6.54 Å². The van der Waals surface area contributed by atoms with Crippen LogP contribution >= 0.6 is 11.6 Å². The number of carbonyl (C=O) groups is 1. The van der Waals surface area contributed by atoms with Gasteiger partial charge in [0, 0.05) is 23.4 Å². The number of benzene rings is 1. The molecule has 0 atom stereocenters. The van der Waals surface area contributed by atoms with Gasteiger partial charge in [-0.25, -0.2) is 14.0 Å². The highest BCUT2D eigenvalue weighted by molar-refractivity contribution is 6.30. The van der Waals surface area contributed by atoms with Crippen molar-refractivity contribution in [2.45, 2.75) is 25.6 Å². The fraction of sp³-hybridized carbons (Fsp3) is 0.294. The third-order valence-electron chi connectivity index (χ3n) is 3.57. The van der Waals surface area contributed by atoms with E-state index in [1.165, 1.54) is 12.1 Å². The second kappa shape index (κ2) is 8.28. The van der Waals surface area contributed by atoms with Crippen LogP contribution in [0, 0.1) is 0 Å². The van der Waals surface area contributed by atoms with Gasteiger partial charge in [0.15, 0.2) is 5.82 Å². The van der Waals surface area contributed by atoms with Gasteiger partial charge < -0.3 is 4.74 Å². The molecule has 2 rings (SSSR count). The number of ether oxygens (including phenoxy) is 1. The van der Waals surface area contributed by atoms with Crippen LogP contribution in [0.25, 0.3) is 17.1 Å². The number of aromatic nitrogens is 3. The van der Waals surface area contributed by atoms with Crippen molar-refractivity contribution in [3.05, 3.63) is 52.1 Å². The first-order valence-electron chi connectivity index (χ1n) is 7.65. The standard InChI is InChI=1S/C17H15ClF3N3O3/c1-3-13(8-9-17(19,20)21)24-15(11-4-6-12(18)7-5-11)22-23(16(24)26)10-14(25)27-2/h4-7H,1,8-10H2,2H3. The Kier molecular flexibility index (Phi) is 6.30.